The van der Waals surface area contributed by atoms with Crippen molar-refractivity contribution >= 4 is 23.4 Å². The topological polar surface area (TPSA) is 55.6 Å². The van der Waals surface area contributed by atoms with Gasteiger partial charge >= 0.3 is 0 Å². The molecule has 0 bridgehead atoms. The van der Waals surface area contributed by atoms with E-state index in [1.165, 1.54) is 5.56 Å². The molecule has 21 heavy (non-hydrogen) atoms. The highest BCUT2D eigenvalue weighted by molar-refractivity contribution is 7.98. The van der Waals surface area contributed by atoms with Crippen LogP contribution >= 0.6 is 23.4 Å². The van der Waals surface area contributed by atoms with Crippen molar-refractivity contribution in [2.45, 2.75) is 43.8 Å². The largest absolute Gasteiger partial charge is 0.310 e. The van der Waals surface area contributed by atoms with Gasteiger partial charge in [-0.1, -0.05) is 35.5 Å². The van der Waals surface area contributed by atoms with Gasteiger partial charge in [-0.25, -0.2) is 4.68 Å². The number of thioether (sulfide) groups is 1. The third kappa shape index (κ3) is 5.65. The molecule has 7 heteroatoms. The summed E-state index contributed by atoms with van der Waals surface area (Å²) in [7, 11) is 0. The first-order chi connectivity index (χ1) is 9.94. The van der Waals surface area contributed by atoms with Crippen molar-refractivity contribution in [3.63, 3.8) is 0 Å². The zero-order valence-corrected chi connectivity index (χ0v) is 14.1. The van der Waals surface area contributed by atoms with E-state index in [2.05, 4.69) is 41.6 Å². The number of aromatic nitrogens is 4. The SMILES string of the molecule is CC(C)(C)NCCn1nnnc1SCc1ccc(Cl)cc1. The van der Waals surface area contributed by atoms with Gasteiger partial charge in [-0.15, -0.1) is 5.10 Å². The monoisotopic (exact) mass is 325 g/mol. The molecule has 0 aliphatic rings. The second-order valence-electron chi connectivity index (χ2n) is 5.78. The van der Waals surface area contributed by atoms with Crippen LogP contribution in [0.1, 0.15) is 26.3 Å². The minimum absolute atomic E-state index is 0.102. The number of hydrogen-bond donors (Lipinski definition) is 1. The molecule has 0 fully saturated rings. The Hall–Kier alpha value is -1.11. The van der Waals surface area contributed by atoms with Crippen LogP contribution in [0, 0.1) is 0 Å². The summed E-state index contributed by atoms with van der Waals surface area (Å²) in [6.45, 7) is 8.02. The smallest absolute Gasteiger partial charge is 0.209 e. The van der Waals surface area contributed by atoms with E-state index < -0.39 is 0 Å². The fourth-order valence-corrected chi connectivity index (χ4v) is 2.69. The lowest BCUT2D eigenvalue weighted by Gasteiger charge is -2.20. The van der Waals surface area contributed by atoms with Crippen LogP contribution in [0.15, 0.2) is 29.4 Å². The predicted molar refractivity (Wildman–Crippen MR) is 86.6 cm³/mol. The fraction of sp³-hybridized carbons (Fsp3) is 0.500. The Balaban J connectivity index is 1.86. The summed E-state index contributed by atoms with van der Waals surface area (Å²) in [6, 6.07) is 7.83. The molecule has 0 aliphatic heterocycles. The minimum atomic E-state index is 0.102. The Morgan fingerprint density at radius 2 is 1.95 bits per heavy atom. The van der Waals surface area contributed by atoms with E-state index in [-0.39, 0.29) is 5.54 Å². The molecule has 0 spiro atoms. The Bertz CT molecular complexity index is 561. The molecule has 0 unspecified atom stereocenters. The number of rotatable bonds is 6. The van der Waals surface area contributed by atoms with Crippen molar-refractivity contribution in [1.29, 1.82) is 0 Å². The average Bonchev–Trinajstić information content (AvgIpc) is 2.84. The van der Waals surface area contributed by atoms with Gasteiger partial charge in [-0.3, -0.25) is 0 Å². The van der Waals surface area contributed by atoms with E-state index in [1.807, 2.05) is 28.9 Å². The van der Waals surface area contributed by atoms with Crippen molar-refractivity contribution < 1.29 is 0 Å². The Morgan fingerprint density at radius 3 is 2.62 bits per heavy atom. The molecule has 114 valence electrons. The molecule has 0 aliphatic carbocycles. The standard InChI is InChI=1S/C14H20ClN5S/c1-14(2,3)16-8-9-20-13(17-18-19-20)21-10-11-4-6-12(15)7-5-11/h4-7,16H,8-10H2,1-3H3. The fourth-order valence-electron chi connectivity index (χ4n) is 1.71. The number of halogens is 1. The van der Waals surface area contributed by atoms with Crippen LogP contribution in [0.3, 0.4) is 0 Å². The highest BCUT2D eigenvalue weighted by Gasteiger charge is 2.10. The van der Waals surface area contributed by atoms with Crippen molar-refractivity contribution in [1.82, 2.24) is 25.5 Å². The summed E-state index contributed by atoms with van der Waals surface area (Å²) in [4.78, 5) is 0. The molecular formula is C14H20ClN5S. The van der Waals surface area contributed by atoms with Crippen LogP contribution in [0.25, 0.3) is 0 Å². The Kier molecular flexibility index (Phi) is 5.61. The Morgan fingerprint density at radius 1 is 1.24 bits per heavy atom. The maximum atomic E-state index is 5.88. The van der Waals surface area contributed by atoms with Crippen LogP contribution in [0.4, 0.5) is 0 Å². The lowest BCUT2D eigenvalue weighted by molar-refractivity contribution is 0.396. The van der Waals surface area contributed by atoms with Crippen molar-refractivity contribution in [3.05, 3.63) is 34.9 Å². The Labute approximate surface area is 134 Å². The summed E-state index contributed by atoms with van der Waals surface area (Å²) in [5, 5.41) is 16.9. The number of tetrazole rings is 1. The van der Waals surface area contributed by atoms with Crippen molar-refractivity contribution in [2.24, 2.45) is 0 Å². The third-order valence-electron chi connectivity index (χ3n) is 2.76. The maximum absolute atomic E-state index is 5.88. The second-order valence-corrected chi connectivity index (χ2v) is 7.16. The number of hydrogen-bond acceptors (Lipinski definition) is 5. The lowest BCUT2D eigenvalue weighted by atomic mass is 10.1. The molecule has 0 atom stereocenters. The maximum Gasteiger partial charge on any atom is 0.209 e. The van der Waals surface area contributed by atoms with Crippen LogP contribution in [-0.4, -0.2) is 32.3 Å². The minimum Gasteiger partial charge on any atom is -0.310 e. The molecule has 1 heterocycles. The van der Waals surface area contributed by atoms with Gasteiger partial charge in [0.25, 0.3) is 0 Å². The van der Waals surface area contributed by atoms with E-state index in [1.54, 1.807) is 11.8 Å². The summed E-state index contributed by atoms with van der Waals surface area (Å²) < 4.78 is 1.83. The summed E-state index contributed by atoms with van der Waals surface area (Å²) in [5.74, 6) is 0.824. The highest BCUT2D eigenvalue weighted by Crippen LogP contribution is 2.21. The van der Waals surface area contributed by atoms with Gasteiger partial charge in [0, 0.05) is 22.9 Å². The number of benzene rings is 1. The molecule has 0 saturated heterocycles. The van der Waals surface area contributed by atoms with Gasteiger partial charge in [0.2, 0.25) is 5.16 Å². The van der Waals surface area contributed by atoms with Gasteiger partial charge in [0.15, 0.2) is 0 Å². The van der Waals surface area contributed by atoms with Gasteiger partial charge in [0.05, 0.1) is 6.54 Å². The quantitative estimate of drug-likeness (QED) is 0.827. The van der Waals surface area contributed by atoms with E-state index >= 15 is 0 Å². The molecule has 1 aromatic carbocycles. The van der Waals surface area contributed by atoms with Crippen LogP contribution < -0.4 is 5.32 Å². The van der Waals surface area contributed by atoms with E-state index in [0.717, 1.165) is 29.0 Å². The zero-order valence-electron chi connectivity index (χ0n) is 12.5. The van der Waals surface area contributed by atoms with Crippen molar-refractivity contribution in [3.8, 4) is 0 Å². The molecule has 0 radical (unpaired) electrons. The number of nitrogens with zero attached hydrogens (tertiary/aromatic N) is 4. The average molecular weight is 326 g/mol. The van der Waals surface area contributed by atoms with E-state index in [0.29, 0.717) is 0 Å². The normalized spacial score (nSPS) is 11.8. The first kappa shape index (κ1) is 16.3. The van der Waals surface area contributed by atoms with E-state index in [9.17, 15) is 0 Å². The van der Waals surface area contributed by atoms with Gasteiger partial charge in [-0.05, 0) is 48.9 Å². The van der Waals surface area contributed by atoms with Gasteiger partial charge in [-0.2, -0.15) is 0 Å². The third-order valence-corrected chi connectivity index (χ3v) is 4.04. The summed E-state index contributed by atoms with van der Waals surface area (Å²) in [6.07, 6.45) is 0. The van der Waals surface area contributed by atoms with Gasteiger partial charge in [0.1, 0.15) is 0 Å². The van der Waals surface area contributed by atoms with Gasteiger partial charge < -0.3 is 5.32 Å². The molecule has 0 amide bonds. The van der Waals surface area contributed by atoms with Crippen LogP contribution in [-0.2, 0) is 12.3 Å². The van der Waals surface area contributed by atoms with Crippen molar-refractivity contribution in [2.75, 3.05) is 6.54 Å². The molecule has 1 N–H and O–H groups in total. The van der Waals surface area contributed by atoms with E-state index in [4.69, 9.17) is 11.6 Å². The molecule has 0 saturated carbocycles. The molecule has 2 rings (SSSR count). The summed E-state index contributed by atoms with van der Waals surface area (Å²) in [5.41, 5.74) is 1.30. The first-order valence-corrected chi connectivity index (χ1v) is 8.19. The second kappa shape index (κ2) is 7.24. The molecule has 2 aromatic rings. The number of nitrogens with one attached hydrogen (secondary N) is 1. The zero-order chi connectivity index (χ0) is 15.3. The van der Waals surface area contributed by atoms with Crippen LogP contribution in [0.2, 0.25) is 5.02 Å². The molecular weight excluding hydrogens is 306 g/mol. The first-order valence-electron chi connectivity index (χ1n) is 6.82. The predicted octanol–water partition coefficient (Wildman–Crippen LogP) is 3.01. The summed E-state index contributed by atoms with van der Waals surface area (Å²) >= 11 is 7.51. The molecule has 1 aromatic heterocycles. The van der Waals surface area contributed by atoms with Crippen LogP contribution in [0.5, 0.6) is 0 Å². The lowest BCUT2D eigenvalue weighted by Crippen LogP contribution is -2.38. The highest BCUT2D eigenvalue weighted by atomic mass is 35.5. The molecule has 5 nitrogen and oxygen atoms in total.